The fourth-order valence-corrected chi connectivity index (χ4v) is 2.63. The van der Waals surface area contributed by atoms with Crippen LogP contribution in [0.3, 0.4) is 0 Å². The Bertz CT molecular complexity index is 651. The minimum absolute atomic E-state index is 0.207. The molecule has 1 aromatic heterocycles. The zero-order valence-electron chi connectivity index (χ0n) is 13.3. The van der Waals surface area contributed by atoms with E-state index in [4.69, 9.17) is 0 Å². The fraction of sp³-hybridized carbons (Fsp3) is 0.471. The van der Waals surface area contributed by atoms with Crippen LogP contribution in [0.25, 0.3) is 0 Å². The van der Waals surface area contributed by atoms with Gasteiger partial charge in [0, 0.05) is 18.9 Å². The summed E-state index contributed by atoms with van der Waals surface area (Å²) in [6.07, 6.45) is 0.996. The molecular weight excluding hydrogens is 305 g/mol. The number of nitrogens with zero attached hydrogens (tertiary/aromatic N) is 2. The van der Waals surface area contributed by atoms with E-state index in [1.807, 2.05) is 4.57 Å². The summed E-state index contributed by atoms with van der Waals surface area (Å²) in [5.74, 6) is 0.382. The first-order valence-electron chi connectivity index (χ1n) is 7.74. The maximum absolute atomic E-state index is 12.9. The molecule has 0 spiro atoms. The molecule has 126 valence electrons. The lowest BCUT2D eigenvalue weighted by Gasteiger charge is -2.28. The Morgan fingerprint density at radius 2 is 1.87 bits per heavy atom. The standard InChI is InChI=1S/C17H21F3N2O/c1-3-5-10-22-11-9-21-15(22)16(23,4-2)13-7-6-8-14(12-13)17(18,19)20/h6-9,11-12,23H,3-5,10H2,1-2H3. The third-order valence-corrected chi connectivity index (χ3v) is 4.02. The second-order valence-electron chi connectivity index (χ2n) is 5.59. The molecule has 0 saturated heterocycles. The van der Waals surface area contributed by atoms with E-state index in [0.29, 0.717) is 12.4 Å². The maximum atomic E-state index is 12.9. The summed E-state index contributed by atoms with van der Waals surface area (Å²) < 4.78 is 40.7. The van der Waals surface area contributed by atoms with Gasteiger partial charge in [-0.25, -0.2) is 4.98 Å². The molecule has 3 nitrogen and oxygen atoms in total. The molecule has 0 saturated carbocycles. The number of imidazole rings is 1. The van der Waals surface area contributed by atoms with Crippen LogP contribution in [0.5, 0.6) is 0 Å². The lowest BCUT2D eigenvalue weighted by atomic mass is 9.89. The highest BCUT2D eigenvalue weighted by Gasteiger charge is 2.37. The first-order chi connectivity index (χ1) is 10.8. The minimum Gasteiger partial charge on any atom is -0.377 e. The van der Waals surface area contributed by atoms with Crippen LogP contribution in [0.2, 0.25) is 0 Å². The van der Waals surface area contributed by atoms with E-state index in [-0.39, 0.29) is 12.0 Å². The van der Waals surface area contributed by atoms with Crippen molar-refractivity contribution in [2.45, 2.75) is 51.4 Å². The molecular formula is C17H21F3N2O. The van der Waals surface area contributed by atoms with Crippen LogP contribution in [-0.4, -0.2) is 14.7 Å². The van der Waals surface area contributed by atoms with Crippen molar-refractivity contribution in [3.05, 3.63) is 53.6 Å². The number of benzene rings is 1. The highest BCUT2D eigenvalue weighted by molar-refractivity contribution is 5.34. The Labute approximate surface area is 133 Å². The average Bonchev–Trinajstić information content (AvgIpc) is 3.00. The summed E-state index contributed by atoms with van der Waals surface area (Å²) in [6, 6.07) is 4.83. The number of hydrogen-bond acceptors (Lipinski definition) is 2. The summed E-state index contributed by atoms with van der Waals surface area (Å²) in [5.41, 5.74) is -2.11. The van der Waals surface area contributed by atoms with E-state index in [0.717, 1.165) is 25.0 Å². The molecule has 0 aliphatic heterocycles. The molecule has 0 aliphatic rings. The molecule has 2 aromatic rings. The second-order valence-corrected chi connectivity index (χ2v) is 5.59. The molecule has 0 aliphatic carbocycles. The van der Waals surface area contributed by atoms with Gasteiger partial charge in [0.25, 0.3) is 0 Å². The van der Waals surface area contributed by atoms with Gasteiger partial charge in [0.1, 0.15) is 11.4 Å². The molecule has 1 unspecified atom stereocenters. The Hall–Kier alpha value is -1.82. The largest absolute Gasteiger partial charge is 0.416 e. The highest BCUT2D eigenvalue weighted by Crippen LogP contribution is 2.36. The van der Waals surface area contributed by atoms with Crippen LogP contribution in [-0.2, 0) is 18.3 Å². The molecule has 1 aromatic carbocycles. The molecule has 2 rings (SSSR count). The molecule has 23 heavy (non-hydrogen) atoms. The van der Waals surface area contributed by atoms with Gasteiger partial charge in [-0.3, -0.25) is 0 Å². The Kier molecular flexibility index (Phi) is 5.14. The summed E-state index contributed by atoms with van der Waals surface area (Å²) >= 11 is 0. The SMILES string of the molecule is CCCCn1ccnc1C(O)(CC)c1cccc(C(F)(F)F)c1. The van der Waals surface area contributed by atoms with Crippen LogP contribution < -0.4 is 0 Å². The molecule has 1 N–H and O–H groups in total. The summed E-state index contributed by atoms with van der Waals surface area (Å²) in [4.78, 5) is 4.21. The molecule has 0 fully saturated rings. The average molecular weight is 326 g/mol. The number of aromatic nitrogens is 2. The van der Waals surface area contributed by atoms with Crippen molar-refractivity contribution in [1.82, 2.24) is 9.55 Å². The van der Waals surface area contributed by atoms with E-state index in [1.54, 1.807) is 19.3 Å². The number of aryl methyl sites for hydroxylation is 1. The van der Waals surface area contributed by atoms with Crippen molar-refractivity contribution in [3.8, 4) is 0 Å². The number of halogens is 3. The number of alkyl halides is 3. The number of hydrogen-bond donors (Lipinski definition) is 1. The first-order valence-corrected chi connectivity index (χ1v) is 7.74. The number of unbranched alkanes of at least 4 members (excludes halogenated alkanes) is 1. The molecule has 0 bridgehead atoms. The zero-order chi connectivity index (χ0) is 17.1. The number of aliphatic hydroxyl groups is 1. The van der Waals surface area contributed by atoms with Crippen LogP contribution in [0.1, 0.15) is 50.1 Å². The van der Waals surface area contributed by atoms with E-state index < -0.39 is 17.3 Å². The summed E-state index contributed by atoms with van der Waals surface area (Å²) in [6.45, 7) is 4.46. The Morgan fingerprint density at radius 1 is 1.17 bits per heavy atom. The molecule has 0 amide bonds. The fourth-order valence-electron chi connectivity index (χ4n) is 2.63. The predicted octanol–water partition coefficient (Wildman–Crippen LogP) is 4.35. The van der Waals surface area contributed by atoms with Crippen LogP contribution in [0, 0.1) is 0 Å². The van der Waals surface area contributed by atoms with Gasteiger partial charge in [-0.1, -0.05) is 32.4 Å². The van der Waals surface area contributed by atoms with Gasteiger partial charge in [-0.2, -0.15) is 13.2 Å². The van der Waals surface area contributed by atoms with Gasteiger partial charge in [0.2, 0.25) is 0 Å². The van der Waals surface area contributed by atoms with Gasteiger partial charge in [-0.15, -0.1) is 0 Å². The number of rotatable bonds is 6. The molecule has 0 radical (unpaired) electrons. The quantitative estimate of drug-likeness (QED) is 0.857. The van der Waals surface area contributed by atoms with E-state index in [1.165, 1.54) is 12.1 Å². The van der Waals surface area contributed by atoms with Gasteiger partial charge >= 0.3 is 6.18 Å². The smallest absolute Gasteiger partial charge is 0.377 e. The Balaban J connectivity index is 2.47. The van der Waals surface area contributed by atoms with Gasteiger partial charge in [0.05, 0.1) is 5.56 Å². The van der Waals surface area contributed by atoms with E-state index in [9.17, 15) is 18.3 Å². The van der Waals surface area contributed by atoms with Crippen molar-refractivity contribution in [1.29, 1.82) is 0 Å². The third kappa shape index (κ3) is 3.58. The first kappa shape index (κ1) is 17.5. The second kappa shape index (κ2) is 6.74. The van der Waals surface area contributed by atoms with Gasteiger partial charge in [-0.05, 0) is 30.5 Å². The lowest BCUT2D eigenvalue weighted by Crippen LogP contribution is -2.31. The molecule has 6 heteroatoms. The van der Waals surface area contributed by atoms with Gasteiger partial charge in [0.15, 0.2) is 0 Å². The molecule has 1 heterocycles. The Morgan fingerprint density at radius 3 is 2.48 bits per heavy atom. The van der Waals surface area contributed by atoms with Crippen LogP contribution in [0.15, 0.2) is 36.7 Å². The summed E-state index contributed by atoms with van der Waals surface area (Å²) in [7, 11) is 0. The maximum Gasteiger partial charge on any atom is 0.416 e. The molecule has 1 atom stereocenters. The van der Waals surface area contributed by atoms with Crippen LogP contribution >= 0.6 is 0 Å². The van der Waals surface area contributed by atoms with Crippen molar-refractivity contribution < 1.29 is 18.3 Å². The van der Waals surface area contributed by atoms with Crippen molar-refractivity contribution >= 4 is 0 Å². The predicted molar refractivity (Wildman–Crippen MR) is 81.9 cm³/mol. The minimum atomic E-state index is -4.44. The highest BCUT2D eigenvalue weighted by atomic mass is 19.4. The monoisotopic (exact) mass is 326 g/mol. The van der Waals surface area contributed by atoms with Crippen LogP contribution in [0.4, 0.5) is 13.2 Å². The van der Waals surface area contributed by atoms with Crippen molar-refractivity contribution in [2.24, 2.45) is 0 Å². The topological polar surface area (TPSA) is 38.0 Å². The van der Waals surface area contributed by atoms with E-state index in [2.05, 4.69) is 11.9 Å². The van der Waals surface area contributed by atoms with Crippen molar-refractivity contribution in [2.75, 3.05) is 0 Å². The van der Waals surface area contributed by atoms with Gasteiger partial charge < -0.3 is 9.67 Å². The summed E-state index contributed by atoms with van der Waals surface area (Å²) in [5, 5.41) is 11.1. The normalized spacial score (nSPS) is 14.7. The lowest BCUT2D eigenvalue weighted by molar-refractivity contribution is -0.137. The van der Waals surface area contributed by atoms with E-state index >= 15 is 0 Å². The van der Waals surface area contributed by atoms with Crippen molar-refractivity contribution in [3.63, 3.8) is 0 Å². The zero-order valence-corrected chi connectivity index (χ0v) is 13.3. The third-order valence-electron chi connectivity index (χ3n) is 4.02.